The minimum Gasteiger partial charge on any atom is -0.324 e. The average molecular weight is 172 g/mol. The summed E-state index contributed by atoms with van der Waals surface area (Å²) >= 11 is 5.58. The molecule has 0 aliphatic rings. The Bertz CT molecular complexity index is 276. The molecule has 1 N–H and O–H groups in total. The van der Waals surface area contributed by atoms with E-state index in [1.807, 2.05) is 0 Å². The maximum atomic E-state index is 10.5. The van der Waals surface area contributed by atoms with Crippen molar-refractivity contribution in [2.45, 2.75) is 6.92 Å². The van der Waals surface area contributed by atoms with E-state index in [-0.39, 0.29) is 11.1 Å². The normalized spacial score (nSPS) is 9.27. The molecule has 0 unspecified atom stereocenters. The second kappa shape index (κ2) is 3.30. The Kier molecular flexibility index (Phi) is 2.38. The molecule has 4 nitrogen and oxygen atoms in total. The Balaban J connectivity index is 2.86. The SMILES string of the molecule is CC(=O)Nc1ccnnc1Cl. The van der Waals surface area contributed by atoms with E-state index in [4.69, 9.17) is 11.6 Å². The third kappa shape index (κ3) is 2.16. The fraction of sp³-hybridized carbons (Fsp3) is 0.167. The zero-order valence-corrected chi connectivity index (χ0v) is 6.59. The number of rotatable bonds is 1. The van der Waals surface area contributed by atoms with Crippen LogP contribution in [0.25, 0.3) is 0 Å². The van der Waals surface area contributed by atoms with Gasteiger partial charge in [0.25, 0.3) is 0 Å². The predicted molar refractivity (Wildman–Crippen MR) is 41.3 cm³/mol. The van der Waals surface area contributed by atoms with E-state index in [1.54, 1.807) is 6.07 Å². The number of hydrogen-bond acceptors (Lipinski definition) is 3. The van der Waals surface area contributed by atoms with Gasteiger partial charge in [0.2, 0.25) is 5.91 Å². The smallest absolute Gasteiger partial charge is 0.221 e. The van der Waals surface area contributed by atoms with E-state index in [2.05, 4.69) is 15.5 Å². The van der Waals surface area contributed by atoms with Crippen molar-refractivity contribution in [3.8, 4) is 0 Å². The number of nitrogens with one attached hydrogen (secondary N) is 1. The number of carbonyl (C=O) groups excluding carboxylic acids is 1. The van der Waals surface area contributed by atoms with Crippen LogP contribution in [0.2, 0.25) is 5.15 Å². The Morgan fingerprint density at radius 3 is 3.00 bits per heavy atom. The first kappa shape index (κ1) is 7.94. The highest BCUT2D eigenvalue weighted by Gasteiger charge is 2.00. The number of amides is 1. The fourth-order valence-electron chi connectivity index (χ4n) is 0.597. The molecule has 0 saturated carbocycles. The zero-order chi connectivity index (χ0) is 8.27. The maximum Gasteiger partial charge on any atom is 0.221 e. The predicted octanol–water partition coefficient (Wildman–Crippen LogP) is 1.09. The molecule has 0 aliphatic heterocycles. The molecule has 0 aliphatic carbocycles. The maximum absolute atomic E-state index is 10.5. The van der Waals surface area contributed by atoms with Crippen molar-refractivity contribution < 1.29 is 4.79 Å². The Hall–Kier alpha value is -1.16. The van der Waals surface area contributed by atoms with Gasteiger partial charge in [0.05, 0.1) is 11.9 Å². The van der Waals surface area contributed by atoms with Gasteiger partial charge < -0.3 is 5.32 Å². The van der Waals surface area contributed by atoms with Gasteiger partial charge in [-0.2, -0.15) is 5.10 Å². The molecule has 0 aromatic carbocycles. The van der Waals surface area contributed by atoms with Crippen LogP contribution < -0.4 is 5.32 Å². The molecule has 11 heavy (non-hydrogen) atoms. The summed E-state index contributed by atoms with van der Waals surface area (Å²) in [6.45, 7) is 1.40. The summed E-state index contributed by atoms with van der Waals surface area (Å²) in [5.74, 6) is -0.181. The lowest BCUT2D eigenvalue weighted by Crippen LogP contribution is -2.06. The third-order valence-corrected chi connectivity index (χ3v) is 1.27. The second-order valence-corrected chi connectivity index (χ2v) is 2.27. The van der Waals surface area contributed by atoms with Gasteiger partial charge in [0.15, 0.2) is 5.15 Å². The topological polar surface area (TPSA) is 54.9 Å². The number of aromatic nitrogens is 2. The van der Waals surface area contributed by atoms with Crippen LogP contribution in [0.4, 0.5) is 5.69 Å². The van der Waals surface area contributed by atoms with Crippen molar-refractivity contribution in [3.63, 3.8) is 0 Å². The summed E-state index contributed by atoms with van der Waals surface area (Å²) in [7, 11) is 0. The third-order valence-electron chi connectivity index (χ3n) is 0.986. The van der Waals surface area contributed by atoms with Gasteiger partial charge in [0.1, 0.15) is 0 Å². The molecular formula is C6H6ClN3O. The molecule has 0 bridgehead atoms. The highest BCUT2D eigenvalue weighted by atomic mass is 35.5. The van der Waals surface area contributed by atoms with Crippen molar-refractivity contribution in [2.24, 2.45) is 0 Å². The minimum atomic E-state index is -0.181. The van der Waals surface area contributed by atoms with Crippen LogP contribution in [0, 0.1) is 0 Å². The van der Waals surface area contributed by atoms with Crippen molar-refractivity contribution >= 4 is 23.2 Å². The van der Waals surface area contributed by atoms with Crippen LogP contribution in [-0.4, -0.2) is 16.1 Å². The summed E-state index contributed by atoms with van der Waals surface area (Å²) in [6, 6.07) is 1.58. The minimum absolute atomic E-state index is 0.181. The Labute approximate surface area is 68.6 Å². The number of hydrogen-bond donors (Lipinski definition) is 1. The summed E-state index contributed by atoms with van der Waals surface area (Å²) < 4.78 is 0. The monoisotopic (exact) mass is 171 g/mol. The second-order valence-electron chi connectivity index (χ2n) is 1.92. The summed E-state index contributed by atoms with van der Waals surface area (Å²) in [6.07, 6.45) is 1.46. The average Bonchev–Trinajstić information content (AvgIpc) is 1.93. The summed E-state index contributed by atoms with van der Waals surface area (Å²) in [4.78, 5) is 10.5. The van der Waals surface area contributed by atoms with Gasteiger partial charge in [0, 0.05) is 6.92 Å². The first-order valence-corrected chi connectivity index (χ1v) is 3.32. The number of carbonyl (C=O) groups is 1. The van der Waals surface area contributed by atoms with Crippen molar-refractivity contribution in [2.75, 3.05) is 5.32 Å². The number of nitrogens with zero attached hydrogens (tertiary/aromatic N) is 2. The van der Waals surface area contributed by atoms with Gasteiger partial charge >= 0.3 is 0 Å². The van der Waals surface area contributed by atoms with E-state index in [0.29, 0.717) is 5.69 Å². The van der Waals surface area contributed by atoms with E-state index in [1.165, 1.54) is 13.1 Å². The molecule has 0 spiro atoms. The molecule has 0 radical (unpaired) electrons. The molecule has 1 heterocycles. The molecule has 58 valence electrons. The van der Waals surface area contributed by atoms with Crippen LogP contribution in [-0.2, 0) is 4.79 Å². The molecule has 1 rings (SSSR count). The lowest BCUT2D eigenvalue weighted by atomic mass is 10.4. The van der Waals surface area contributed by atoms with Gasteiger partial charge in [-0.1, -0.05) is 11.6 Å². The van der Waals surface area contributed by atoms with E-state index >= 15 is 0 Å². The Morgan fingerprint density at radius 1 is 1.73 bits per heavy atom. The van der Waals surface area contributed by atoms with E-state index in [0.717, 1.165) is 0 Å². The van der Waals surface area contributed by atoms with Crippen LogP contribution >= 0.6 is 11.6 Å². The van der Waals surface area contributed by atoms with Gasteiger partial charge in [-0.05, 0) is 6.07 Å². The first-order valence-electron chi connectivity index (χ1n) is 2.95. The Morgan fingerprint density at radius 2 is 2.45 bits per heavy atom. The molecule has 0 atom stereocenters. The molecular weight excluding hydrogens is 166 g/mol. The fourth-order valence-corrected chi connectivity index (χ4v) is 0.751. The quantitative estimate of drug-likeness (QED) is 0.688. The summed E-state index contributed by atoms with van der Waals surface area (Å²) in [5.41, 5.74) is 0.481. The standard InChI is InChI=1S/C6H6ClN3O/c1-4(11)9-5-2-3-8-10-6(5)7/h2-3H,1H3,(H,8,9,11). The lowest BCUT2D eigenvalue weighted by molar-refractivity contribution is -0.114. The van der Waals surface area contributed by atoms with Crippen molar-refractivity contribution in [3.05, 3.63) is 17.4 Å². The van der Waals surface area contributed by atoms with Gasteiger partial charge in [-0.15, -0.1) is 5.10 Å². The molecule has 0 fully saturated rings. The number of anilines is 1. The van der Waals surface area contributed by atoms with E-state index in [9.17, 15) is 4.79 Å². The largest absolute Gasteiger partial charge is 0.324 e. The molecule has 0 saturated heterocycles. The van der Waals surface area contributed by atoms with Crippen LogP contribution in [0.3, 0.4) is 0 Å². The van der Waals surface area contributed by atoms with Gasteiger partial charge in [-0.3, -0.25) is 4.79 Å². The van der Waals surface area contributed by atoms with Crippen LogP contribution in [0.5, 0.6) is 0 Å². The van der Waals surface area contributed by atoms with Crippen molar-refractivity contribution in [1.82, 2.24) is 10.2 Å². The zero-order valence-electron chi connectivity index (χ0n) is 5.84. The van der Waals surface area contributed by atoms with Gasteiger partial charge in [-0.25, -0.2) is 0 Å². The molecule has 1 aromatic heterocycles. The van der Waals surface area contributed by atoms with Crippen LogP contribution in [0.1, 0.15) is 6.92 Å². The lowest BCUT2D eigenvalue weighted by Gasteiger charge is -2.00. The first-order chi connectivity index (χ1) is 5.20. The highest BCUT2D eigenvalue weighted by molar-refractivity contribution is 6.32. The molecule has 1 amide bonds. The summed E-state index contributed by atoms with van der Waals surface area (Å²) in [5, 5.41) is 9.75. The van der Waals surface area contributed by atoms with Crippen LogP contribution in [0.15, 0.2) is 12.3 Å². The molecule has 5 heteroatoms. The van der Waals surface area contributed by atoms with E-state index < -0.39 is 0 Å². The van der Waals surface area contributed by atoms with Crippen molar-refractivity contribution in [1.29, 1.82) is 0 Å². The highest BCUT2D eigenvalue weighted by Crippen LogP contribution is 2.15. The molecule has 1 aromatic rings. The number of halogens is 1.